The first-order valence-electron chi connectivity index (χ1n) is 9.21. The van der Waals surface area contributed by atoms with E-state index in [1.807, 2.05) is 84.9 Å². The molecule has 0 saturated heterocycles. The second-order valence-corrected chi connectivity index (χ2v) is 7.42. The number of ether oxygens (including phenoxy) is 1. The summed E-state index contributed by atoms with van der Waals surface area (Å²) in [5.74, 6) is 0.395. The fourth-order valence-electron chi connectivity index (χ4n) is 2.89. The summed E-state index contributed by atoms with van der Waals surface area (Å²) < 4.78 is 5.77. The Balaban J connectivity index is 1.36. The van der Waals surface area contributed by atoms with Crippen molar-refractivity contribution in [1.29, 1.82) is 0 Å². The van der Waals surface area contributed by atoms with Gasteiger partial charge in [-0.25, -0.2) is 0 Å². The first-order valence-corrected chi connectivity index (χ1v) is 10.0. The van der Waals surface area contributed by atoms with Crippen molar-refractivity contribution in [3.05, 3.63) is 95.5 Å². The van der Waals surface area contributed by atoms with E-state index in [1.165, 1.54) is 11.3 Å². The third-order valence-electron chi connectivity index (χ3n) is 4.24. The van der Waals surface area contributed by atoms with Crippen molar-refractivity contribution >= 4 is 22.4 Å². The first kappa shape index (κ1) is 18.8. The van der Waals surface area contributed by atoms with E-state index >= 15 is 0 Å². The molecule has 1 heterocycles. The monoisotopic (exact) mass is 401 g/mol. The van der Waals surface area contributed by atoms with Gasteiger partial charge in [-0.3, -0.25) is 10.1 Å². The van der Waals surface area contributed by atoms with E-state index in [2.05, 4.69) is 15.5 Å². The van der Waals surface area contributed by atoms with Crippen LogP contribution in [0.15, 0.2) is 84.9 Å². The number of hydrogen-bond acceptors (Lipinski definition) is 5. The van der Waals surface area contributed by atoms with Crippen LogP contribution >= 0.6 is 11.3 Å². The predicted molar refractivity (Wildman–Crippen MR) is 115 cm³/mol. The van der Waals surface area contributed by atoms with Crippen LogP contribution in [-0.4, -0.2) is 22.7 Å². The van der Waals surface area contributed by atoms with Crippen molar-refractivity contribution < 1.29 is 9.53 Å². The number of carbonyl (C=O) groups excluding carboxylic acids is 1. The Morgan fingerprint density at radius 1 is 0.862 bits per heavy atom. The fraction of sp³-hybridized carbons (Fsp3) is 0.0870. The van der Waals surface area contributed by atoms with Gasteiger partial charge in [-0.05, 0) is 17.2 Å². The molecule has 1 aromatic heterocycles. The number of para-hydroxylation sites is 1. The van der Waals surface area contributed by atoms with Gasteiger partial charge in [0.25, 0.3) is 5.91 Å². The van der Waals surface area contributed by atoms with Gasteiger partial charge in [0.05, 0.1) is 0 Å². The fourth-order valence-corrected chi connectivity index (χ4v) is 3.68. The van der Waals surface area contributed by atoms with Gasteiger partial charge < -0.3 is 4.74 Å². The topological polar surface area (TPSA) is 64.1 Å². The van der Waals surface area contributed by atoms with Crippen LogP contribution in [0.5, 0.6) is 5.75 Å². The Hall–Kier alpha value is -3.51. The van der Waals surface area contributed by atoms with Gasteiger partial charge in [0, 0.05) is 12.0 Å². The summed E-state index contributed by atoms with van der Waals surface area (Å²) in [6.45, 7) is -0.0998. The molecule has 4 rings (SSSR count). The Labute approximate surface area is 173 Å². The number of rotatable bonds is 7. The van der Waals surface area contributed by atoms with Crippen LogP contribution in [0.3, 0.4) is 0 Å². The van der Waals surface area contributed by atoms with E-state index in [1.54, 1.807) is 0 Å². The molecule has 0 aliphatic rings. The van der Waals surface area contributed by atoms with Crippen molar-refractivity contribution in [3.8, 4) is 16.9 Å². The molecule has 0 aliphatic heterocycles. The molecule has 0 bridgehead atoms. The number of hydrogen-bond donors (Lipinski definition) is 1. The highest BCUT2D eigenvalue weighted by Gasteiger charge is 2.11. The standard InChI is InChI=1S/C23H19N3O2S/c27-21(24-23-26-25-22(29-23)15-17-9-3-1-4-10-17)16-28-20-14-8-7-13-19(20)18-11-5-2-6-12-18/h1-14H,15-16H2,(H,24,26,27). The summed E-state index contributed by atoms with van der Waals surface area (Å²) in [6, 6.07) is 27.6. The normalized spacial score (nSPS) is 10.5. The van der Waals surface area contributed by atoms with E-state index in [9.17, 15) is 4.79 Å². The van der Waals surface area contributed by atoms with Gasteiger partial charge in [-0.1, -0.05) is 90.2 Å². The molecule has 3 aromatic carbocycles. The quantitative estimate of drug-likeness (QED) is 0.482. The molecule has 1 N–H and O–H groups in total. The largest absolute Gasteiger partial charge is 0.483 e. The highest BCUT2D eigenvalue weighted by atomic mass is 32.1. The maximum absolute atomic E-state index is 12.3. The summed E-state index contributed by atoms with van der Waals surface area (Å²) in [7, 11) is 0. The lowest BCUT2D eigenvalue weighted by Gasteiger charge is -2.11. The Kier molecular flexibility index (Phi) is 5.92. The minimum atomic E-state index is -0.268. The van der Waals surface area contributed by atoms with Gasteiger partial charge >= 0.3 is 0 Å². The summed E-state index contributed by atoms with van der Waals surface area (Å²) in [4.78, 5) is 12.3. The van der Waals surface area contributed by atoms with E-state index in [0.29, 0.717) is 17.3 Å². The lowest BCUT2D eigenvalue weighted by Crippen LogP contribution is -2.20. The van der Waals surface area contributed by atoms with Crippen LogP contribution in [-0.2, 0) is 11.2 Å². The molecule has 0 fully saturated rings. The molecule has 0 radical (unpaired) electrons. The van der Waals surface area contributed by atoms with Crippen LogP contribution in [0.4, 0.5) is 5.13 Å². The van der Waals surface area contributed by atoms with E-state index in [0.717, 1.165) is 21.7 Å². The molecule has 29 heavy (non-hydrogen) atoms. The van der Waals surface area contributed by atoms with Gasteiger partial charge in [-0.2, -0.15) is 0 Å². The third kappa shape index (κ3) is 5.06. The first-order chi connectivity index (χ1) is 14.3. The van der Waals surface area contributed by atoms with Crippen LogP contribution in [0, 0.1) is 0 Å². The van der Waals surface area contributed by atoms with Gasteiger partial charge in [-0.15, -0.1) is 10.2 Å². The zero-order chi connectivity index (χ0) is 19.9. The Morgan fingerprint density at radius 2 is 1.55 bits per heavy atom. The van der Waals surface area contributed by atoms with Crippen molar-refractivity contribution in [1.82, 2.24) is 10.2 Å². The highest BCUT2D eigenvalue weighted by Crippen LogP contribution is 2.29. The van der Waals surface area contributed by atoms with E-state index in [4.69, 9.17) is 4.74 Å². The molecule has 0 aliphatic carbocycles. The van der Waals surface area contributed by atoms with Crippen LogP contribution in [0.25, 0.3) is 11.1 Å². The summed E-state index contributed by atoms with van der Waals surface area (Å²) in [6.07, 6.45) is 0.690. The predicted octanol–water partition coefficient (Wildman–Crippen LogP) is 4.81. The lowest BCUT2D eigenvalue weighted by atomic mass is 10.1. The van der Waals surface area contributed by atoms with E-state index < -0.39 is 0 Å². The zero-order valence-electron chi connectivity index (χ0n) is 15.6. The number of carbonyl (C=O) groups is 1. The molecule has 0 spiro atoms. The van der Waals surface area contributed by atoms with Crippen molar-refractivity contribution in [2.45, 2.75) is 6.42 Å². The Bertz CT molecular complexity index is 1080. The number of benzene rings is 3. The maximum Gasteiger partial charge on any atom is 0.264 e. The second kappa shape index (κ2) is 9.12. The average molecular weight is 401 g/mol. The molecule has 4 aromatic rings. The minimum Gasteiger partial charge on any atom is -0.483 e. The zero-order valence-corrected chi connectivity index (χ0v) is 16.4. The molecule has 144 valence electrons. The molecular weight excluding hydrogens is 382 g/mol. The van der Waals surface area contributed by atoms with Crippen molar-refractivity contribution in [2.24, 2.45) is 0 Å². The molecule has 0 saturated carbocycles. The number of anilines is 1. The van der Waals surface area contributed by atoms with Gasteiger partial charge in [0.1, 0.15) is 10.8 Å². The molecule has 5 nitrogen and oxygen atoms in total. The van der Waals surface area contributed by atoms with Gasteiger partial charge in [0.2, 0.25) is 5.13 Å². The molecule has 6 heteroatoms. The summed E-state index contributed by atoms with van der Waals surface area (Å²) >= 11 is 1.37. The van der Waals surface area contributed by atoms with Crippen LogP contribution in [0.2, 0.25) is 0 Å². The molecule has 1 amide bonds. The minimum absolute atomic E-state index is 0.0998. The molecule has 0 atom stereocenters. The second-order valence-electron chi connectivity index (χ2n) is 6.36. The van der Waals surface area contributed by atoms with Crippen molar-refractivity contribution in [2.75, 3.05) is 11.9 Å². The lowest BCUT2D eigenvalue weighted by molar-refractivity contribution is -0.118. The number of amides is 1. The number of nitrogens with zero attached hydrogens (tertiary/aromatic N) is 2. The van der Waals surface area contributed by atoms with Gasteiger partial charge in [0.15, 0.2) is 6.61 Å². The number of nitrogens with one attached hydrogen (secondary N) is 1. The Morgan fingerprint density at radius 3 is 2.34 bits per heavy atom. The van der Waals surface area contributed by atoms with Crippen molar-refractivity contribution in [3.63, 3.8) is 0 Å². The molecular formula is C23H19N3O2S. The van der Waals surface area contributed by atoms with E-state index in [-0.39, 0.29) is 12.5 Å². The summed E-state index contributed by atoms with van der Waals surface area (Å²) in [5, 5.41) is 12.3. The SMILES string of the molecule is O=C(COc1ccccc1-c1ccccc1)Nc1nnc(Cc2ccccc2)s1. The third-order valence-corrected chi connectivity index (χ3v) is 5.08. The maximum atomic E-state index is 12.3. The average Bonchev–Trinajstić information content (AvgIpc) is 3.20. The van der Waals surface area contributed by atoms with Crippen LogP contribution in [0.1, 0.15) is 10.6 Å². The highest BCUT2D eigenvalue weighted by molar-refractivity contribution is 7.15. The number of aromatic nitrogens is 2. The smallest absolute Gasteiger partial charge is 0.264 e. The summed E-state index contributed by atoms with van der Waals surface area (Å²) in [5.41, 5.74) is 3.14. The van der Waals surface area contributed by atoms with Crippen LogP contribution < -0.4 is 10.1 Å². The molecule has 0 unspecified atom stereocenters.